The van der Waals surface area contributed by atoms with Gasteiger partial charge in [-0.1, -0.05) is 127 Å². The number of hydrogen-bond donors (Lipinski definition) is 0. The van der Waals surface area contributed by atoms with Crippen LogP contribution in [0.4, 0.5) is 14.4 Å². The average molecular weight is 1140 g/mol. The highest BCUT2D eigenvalue weighted by Gasteiger charge is 2.42. The van der Waals surface area contributed by atoms with Crippen LogP contribution in [0.5, 0.6) is 0 Å². The van der Waals surface area contributed by atoms with E-state index in [0.29, 0.717) is 56.3 Å². The molecule has 18 heteroatoms. The van der Waals surface area contributed by atoms with Gasteiger partial charge in [-0.15, -0.1) is 0 Å². The molecule has 15 nitrogen and oxygen atoms in total. The summed E-state index contributed by atoms with van der Waals surface area (Å²) in [6.45, 7) is 12.9. The molecular weight excluding hydrogens is 1060 g/mol. The predicted molar refractivity (Wildman–Crippen MR) is 310 cm³/mol. The van der Waals surface area contributed by atoms with E-state index in [1.165, 1.54) is 32.3 Å². The van der Waals surface area contributed by atoms with Crippen molar-refractivity contribution in [2.45, 2.75) is 175 Å². The molecule has 0 amide bonds. The van der Waals surface area contributed by atoms with E-state index in [-0.39, 0.29) is 22.6 Å². The molecule has 0 bridgehead atoms. The largest absolute Gasteiger partial charge is 0.550 e. The Labute approximate surface area is 473 Å². The zero-order valence-corrected chi connectivity index (χ0v) is 51.4. The lowest BCUT2D eigenvalue weighted by atomic mass is 9.61. The first-order valence-corrected chi connectivity index (χ1v) is 33.5. The normalized spacial score (nSPS) is 20.6. The maximum absolute atomic E-state index is 12.8. The molecule has 0 aromatic heterocycles. The van der Waals surface area contributed by atoms with Crippen molar-refractivity contribution in [3.8, 4) is 0 Å². The van der Waals surface area contributed by atoms with Crippen molar-refractivity contribution >= 4 is 80.5 Å². The van der Waals surface area contributed by atoms with Gasteiger partial charge in [0, 0.05) is 0 Å². The van der Waals surface area contributed by atoms with Crippen LogP contribution in [0.25, 0.3) is 0 Å². The molecule has 0 spiro atoms. The first kappa shape index (κ1) is 62.0. The number of carbonyl (C=O) groups excluding carboxylic acids is 6. The number of carbonyl (C=O) groups is 6. The maximum atomic E-state index is 12.8. The fraction of sp³-hybridized carbons (Fsp3) is 0.508. The zero-order valence-electron chi connectivity index (χ0n) is 47.2. The first-order chi connectivity index (χ1) is 38.3. The molecule has 3 aliphatic carbocycles. The maximum Gasteiger partial charge on any atom is 0.550 e. The molecule has 0 radical (unpaired) electrons. The summed E-state index contributed by atoms with van der Waals surface area (Å²) < 4.78 is 16.9. The van der Waals surface area contributed by atoms with Gasteiger partial charge in [-0.2, -0.15) is 14.4 Å². The van der Waals surface area contributed by atoms with Crippen LogP contribution in [-0.4, -0.2) is 83.2 Å². The summed E-state index contributed by atoms with van der Waals surface area (Å²) in [7, 11) is -1.83. The number of benzene rings is 3. The molecule has 3 aromatic carbocycles. The molecule has 3 fully saturated rings. The van der Waals surface area contributed by atoms with Crippen LogP contribution in [0.3, 0.4) is 0 Å². The molecule has 0 N–H and O–H groups in total. The van der Waals surface area contributed by atoms with Crippen LogP contribution in [0, 0.1) is 23.7 Å². The second kappa shape index (κ2) is 32.7. The fourth-order valence-corrected chi connectivity index (χ4v) is 16.3. The van der Waals surface area contributed by atoms with Gasteiger partial charge in [-0.25, -0.2) is 43.7 Å². The van der Waals surface area contributed by atoms with Crippen LogP contribution in [0.15, 0.2) is 107 Å². The van der Waals surface area contributed by atoms with E-state index in [0.717, 1.165) is 77.0 Å². The van der Waals surface area contributed by atoms with Gasteiger partial charge in [0.05, 0.1) is 45.2 Å². The predicted octanol–water partition coefficient (Wildman–Crippen LogP) is 10.5. The molecule has 79 heavy (non-hydrogen) atoms. The van der Waals surface area contributed by atoms with Gasteiger partial charge < -0.3 is 14.2 Å². The highest BCUT2D eigenvalue weighted by Crippen LogP contribution is 2.48. The SMILES string of the molecule is CCC(=C[SiH2]c1ccc(C(=O)OOC(=O)OC2CCC(C(C3CCC(OC(=O)OOC(=O)c4ccc([SiH2]C=C(CC)CC)cc4)CC3)C3CCC(OC(=O)OOC(=O)c4ccc([SiH2]C=C(CC)CC)cc4)CC3)CC2)cc1)CC. The number of allylic oxidation sites excluding steroid dienone is 3. The molecule has 3 aliphatic rings. The third-order valence-corrected chi connectivity index (χ3v) is 21.5. The second-order valence-electron chi connectivity index (χ2n) is 21.1. The molecule has 6 rings (SSSR count). The van der Waals surface area contributed by atoms with Crippen LogP contribution >= 0.6 is 0 Å². The van der Waals surface area contributed by atoms with Crippen molar-refractivity contribution in [3.63, 3.8) is 0 Å². The Hall–Kier alpha value is -6.25. The van der Waals surface area contributed by atoms with Gasteiger partial charge in [0.15, 0.2) is 0 Å². The summed E-state index contributed by atoms with van der Waals surface area (Å²) in [5.41, 5.74) is 12.1. The Balaban J connectivity index is 0.984. The highest BCUT2D eigenvalue weighted by molar-refractivity contribution is 6.59. The topological polar surface area (TPSA) is 185 Å². The summed E-state index contributed by atoms with van der Waals surface area (Å²) in [6.07, 6.45) is 9.99. The highest BCUT2D eigenvalue weighted by atomic mass is 28.2. The van der Waals surface area contributed by atoms with Crippen molar-refractivity contribution in [1.82, 2.24) is 0 Å². The van der Waals surface area contributed by atoms with E-state index < -0.39 is 83.2 Å². The number of ether oxygens (including phenoxy) is 3. The lowest BCUT2D eigenvalue weighted by molar-refractivity contribution is -0.209. The van der Waals surface area contributed by atoms with E-state index in [2.05, 4.69) is 58.6 Å². The summed E-state index contributed by atoms with van der Waals surface area (Å²) >= 11 is 0. The molecule has 0 saturated heterocycles. The molecule has 0 heterocycles. The number of hydrogen-bond acceptors (Lipinski definition) is 15. The van der Waals surface area contributed by atoms with Crippen molar-refractivity contribution in [2.75, 3.05) is 0 Å². The van der Waals surface area contributed by atoms with Gasteiger partial charge in [0.25, 0.3) is 0 Å². The van der Waals surface area contributed by atoms with Crippen molar-refractivity contribution in [1.29, 1.82) is 0 Å². The van der Waals surface area contributed by atoms with Gasteiger partial charge in [0.1, 0.15) is 18.3 Å². The monoisotopic (exact) mass is 1140 g/mol. The molecule has 3 saturated carbocycles. The zero-order chi connectivity index (χ0) is 56.5. The van der Waals surface area contributed by atoms with Crippen molar-refractivity contribution in [2.24, 2.45) is 23.7 Å². The third kappa shape index (κ3) is 20.1. The molecule has 428 valence electrons. The van der Waals surface area contributed by atoms with E-state index in [1.54, 1.807) is 36.4 Å². The number of rotatable bonds is 21. The summed E-state index contributed by atoms with van der Waals surface area (Å²) in [4.78, 5) is 106. The van der Waals surface area contributed by atoms with Gasteiger partial charge in [-0.3, -0.25) is 0 Å². The standard InChI is InChI=1S/C61H82O15Si3/c1-7-40(8-2)37-77-52-31-19-46(20-32-52)56(62)71-74-59(65)68-49-25-13-43(14-26-49)55(44-15-27-50(28-16-44)69-60(66)75-72-57(63)47-21-33-53(34-22-47)78-38-41(9-3)10-4)45-17-29-51(30-18-45)70-61(67)76-73-58(64)48-23-35-54(36-24-48)79-39-42(11-5)12-6/h19-24,31-39,43-45,49-51,55H,7-18,25-30,77-79H2,1-6H3. The minimum Gasteiger partial charge on any atom is -0.428 e. The first-order valence-electron chi connectivity index (χ1n) is 28.9. The van der Waals surface area contributed by atoms with Crippen molar-refractivity contribution in [3.05, 3.63) is 123 Å². The third-order valence-electron chi connectivity index (χ3n) is 16.3. The average Bonchev–Trinajstić information content (AvgIpc) is 3.52. The van der Waals surface area contributed by atoms with Crippen molar-refractivity contribution < 1.29 is 72.3 Å². The molecular formula is C61H82O15Si3. The van der Waals surface area contributed by atoms with Gasteiger partial charge in [-0.05, 0) is 176 Å². The Bertz CT molecular complexity index is 2240. The molecule has 3 aromatic rings. The Kier molecular flexibility index (Phi) is 25.7. The molecule has 0 aliphatic heterocycles. The van der Waals surface area contributed by atoms with Gasteiger partial charge >= 0.3 is 36.4 Å². The second-order valence-corrected chi connectivity index (χ2v) is 26.0. The lowest BCUT2D eigenvalue weighted by Gasteiger charge is -2.45. The van der Waals surface area contributed by atoms with E-state index in [9.17, 15) is 28.8 Å². The minimum atomic E-state index is -1.07. The Morgan fingerprint density at radius 3 is 0.810 bits per heavy atom. The Morgan fingerprint density at radius 2 is 0.595 bits per heavy atom. The van der Waals surface area contributed by atoms with E-state index in [4.69, 9.17) is 43.5 Å². The Morgan fingerprint density at radius 1 is 0.367 bits per heavy atom. The summed E-state index contributed by atoms with van der Waals surface area (Å²) in [6, 6.07) is 21.5. The van der Waals surface area contributed by atoms with Gasteiger partial charge in [0.2, 0.25) is 0 Å². The quantitative estimate of drug-likeness (QED) is 0.0322. The molecule has 0 unspecified atom stereocenters. The smallest absolute Gasteiger partial charge is 0.428 e. The van der Waals surface area contributed by atoms with E-state index >= 15 is 0 Å². The van der Waals surface area contributed by atoms with Crippen LogP contribution < -0.4 is 15.6 Å². The van der Waals surface area contributed by atoms with Crippen LogP contribution in [-0.2, 0) is 43.5 Å². The lowest BCUT2D eigenvalue weighted by Crippen LogP contribution is -2.39. The van der Waals surface area contributed by atoms with Crippen LogP contribution in [0.1, 0.15) is 188 Å². The summed E-state index contributed by atoms with van der Waals surface area (Å²) in [5, 5.41) is 3.57. The minimum absolute atomic E-state index is 0.272. The fourth-order valence-electron chi connectivity index (χ4n) is 11.5. The molecule has 0 atom stereocenters. The summed E-state index contributed by atoms with van der Waals surface area (Å²) in [5.74, 6) is -1.20. The van der Waals surface area contributed by atoms with Crippen LogP contribution in [0.2, 0.25) is 0 Å². The van der Waals surface area contributed by atoms with E-state index in [1.807, 2.05) is 36.4 Å².